The number of nitrogens with zero attached hydrogens (tertiary/aromatic N) is 3. The highest BCUT2D eigenvalue weighted by atomic mass is 16.5. The number of imidazole rings is 1. The molecule has 17 heavy (non-hydrogen) atoms. The Morgan fingerprint density at radius 3 is 2.88 bits per heavy atom. The number of nitrogens with two attached hydrogens (primary N) is 1. The standard InChI is InChI=1S/C11H14N4O2/c1-4-17-11(16)7-5-8-10(14-9(7)12)15(3)6(2)13-8/h5H,4H2,1-3H3,(H2,12,14). The van der Waals surface area contributed by atoms with Crippen LogP contribution in [0.15, 0.2) is 6.07 Å². The van der Waals surface area contributed by atoms with Gasteiger partial charge in [0.1, 0.15) is 22.7 Å². The fourth-order valence-electron chi connectivity index (χ4n) is 1.61. The summed E-state index contributed by atoms with van der Waals surface area (Å²) in [5, 5.41) is 0. The van der Waals surface area contributed by atoms with E-state index in [0.717, 1.165) is 5.82 Å². The number of pyridine rings is 1. The lowest BCUT2D eigenvalue weighted by Gasteiger charge is -2.04. The van der Waals surface area contributed by atoms with Crippen molar-refractivity contribution in [1.29, 1.82) is 0 Å². The van der Waals surface area contributed by atoms with E-state index in [1.165, 1.54) is 0 Å². The molecule has 2 rings (SSSR count). The summed E-state index contributed by atoms with van der Waals surface area (Å²) in [6, 6.07) is 1.61. The molecular weight excluding hydrogens is 220 g/mol. The maximum Gasteiger partial charge on any atom is 0.341 e. The normalized spacial score (nSPS) is 10.8. The molecule has 90 valence electrons. The van der Waals surface area contributed by atoms with Gasteiger partial charge in [-0.3, -0.25) is 0 Å². The zero-order valence-electron chi connectivity index (χ0n) is 10.0. The summed E-state index contributed by atoms with van der Waals surface area (Å²) in [5.74, 6) is 0.509. The monoisotopic (exact) mass is 234 g/mol. The smallest absolute Gasteiger partial charge is 0.341 e. The van der Waals surface area contributed by atoms with Crippen molar-refractivity contribution in [3.63, 3.8) is 0 Å². The number of nitrogen functional groups attached to an aromatic ring is 1. The molecule has 0 aromatic carbocycles. The van der Waals surface area contributed by atoms with Crippen LogP contribution in [0.25, 0.3) is 11.2 Å². The summed E-state index contributed by atoms with van der Waals surface area (Å²) in [5.41, 5.74) is 7.31. The number of carbonyl (C=O) groups is 1. The molecular formula is C11H14N4O2. The van der Waals surface area contributed by atoms with Gasteiger partial charge in [-0.2, -0.15) is 0 Å². The minimum Gasteiger partial charge on any atom is -0.462 e. The van der Waals surface area contributed by atoms with E-state index in [4.69, 9.17) is 10.5 Å². The zero-order valence-corrected chi connectivity index (χ0v) is 10.0. The van der Waals surface area contributed by atoms with E-state index in [1.807, 2.05) is 18.5 Å². The predicted molar refractivity (Wildman–Crippen MR) is 63.6 cm³/mol. The van der Waals surface area contributed by atoms with E-state index in [9.17, 15) is 4.79 Å². The first-order valence-electron chi connectivity index (χ1n) is 5.31. The fourth-order valence-corrected chi connectivity index (χ4v) is 1.61. The Morgan fingerprint density at radius 2 is 2.24 bits per heavy atom. The number of carbonyl (C=O) groups excluding carboxylic acids is 1. The highest BCUT2D eigenvalue weighted by Gasteiger charge is 2.16. The molecule has 0 amide bonds. The SMILES string of the molecule is CCOC(=O)c1cc2nc(C)n(C)c2nc1N. The molecule has 0 bridgehead atoms. The fraction of sp³-hybridized carbons (Fsp3) is 0.364. The first kappa shape index (κ1) is 11.4. The quantitative estimate of drug-likeness (QED) is 0.785. The van der Waals surface area contributed by atoms with Gasteiger partial charge in [-0.1, -0.05) is 0 Å². The Bertz CT molecular complexity index is 589. The van der Waals surface area contributed by atoms with E-state index < -0.39 is 5.97 Å². The first-order chi connectivity index (χ1) is 8.04. The molecule has 0 spiro atoms. The van der Waals surface area contributed by atoms with E-state index in [2.05, 4.69) is 9.97 Å². The average molecular weight is 234 g/mol. The van der Waals surface area contributed by atoms with Crippen LogP contribution in [0.5, 0.6) is 0 Å². The van der Waals surface area contributed by atoms with Crippen LogP contribution in [0.1, 0.15) is 23.1 Å². The Morgan fingerprint density at radius 1 is 1.53 bits per heavy atom. The van der Waals surface area contributed by atoms with Crippen molar-refractivity contribution in [2.24, 2.45) is 7.05 Å². The highest BCUT2D eigenvalue weighted by Crippen LogP contribution is 2.19. The van der Waals surface area contributed by atoms with Crippen molar-refractivity contribution in [2.75, 3.05) is 12.3 Å². The maximum absolute atomic E-state index is 11.6. The number of hydrogen-bond acceptors (Lipinski definition) is 5. The summed E-state index contributed by atoms with van der Waals surface area (Å²) in [4.78, 5) is 20.1. The van der Waals surface area contributed by atoms with Gasteiger partial charge in [0.15, 0.2) is 5.65 Å². The minimum atomic E-state index is -0.470. The maximum atomic E-state index is 11.6. The lowest BCUT2D eigenvalue weighted by molar-refractivity contribution is 0.0527. The van der Waals surface area contributed by atoms with Gasteiger partial charge in [0.25, 0.3) is 0 Å². The molecule has 0 saturated heterocycles. The third kappa shape index (κ3) is 1.82. The van der Waals surface area contributed by atoms with Gasteiger partial charge in [-0.25, -0.2) is 14.8 Å². The molecule has 0 unspecified atom stereocenters. The van der Waals surface area contributed by atoms with Crippen LogP contribution in [0.3, 0.4) is 0 Å². The predicted octanol–water partition coefficient (Wildman–Crippen LogP) is 1.04. The molecule has 0 aliphatic heterocycles. The van der Waals surface area contributed by atoms with Gasteiger partial charge < -0.3 is 15.0 Å². The van der Waals surface area contributed by atoms with Gasteiger partial charge in [0.05, 0.1) is 6.61 Å². The Labute approximate surface area is 98.4 Å². The Hall–Kier alpha value is -2.11. The number of anilines is 1. The summed E-state index contributed by atoms with van der Waals surface area (Å²) in [6.45, 7) is 3.91. The molecule has 2 heterocycles. The number of fused-ring (bicyclic) bond motifs is 1. The molecule has 0 aliphatic rings. The van der Waals surface area contributed by atoms with Gasteiger partial charge in [-0.15, -0.1) is 0 Å². The van der Waals surface area contributed by atoms with E-state index in [0.29, 0.717) is 17.8 Å². The Balaban J connectivity index is 2.59. The summed E-state index contributed by atoms with van der Waals surface area (Å²) in [6.07, 6.45) is 0. The lowest BCUT2D eigenvalue weighted by atomic mass is 10.2. The number of hydrogen-bond donors (Lipinski definition) is 1. The molecule has 2 aromatic heterocycles. The second-order valence-electron chi connectivity index (χ2n) is 3.70. The van der Waals surface area contributed by atoms with Crippen LogP contribution in [0, 0.1) is 6.92 Å². The van der Waals surface area contributed by atoms with Crippen LogP contribution >= 0.6 is 0 Å². The number of ether oxygens (including phenoxy) is 1. The van der Waals surface area contributed by atoms with Crippen molar-refractivity contribution in [3.05, 3.63) is 17.5 Å². The third-order valence-electron chi connectivity index (χ3n) is 2.59. The van der Waals surface area contributed by atoms with Crippen molar-refractivity contribution >= 4 is 23.0 Å². The van der Waals surface area contributed by atoms with Crippen molar-refractivity contribution in [1.82, 2.24) is 14.5 Å². The van der Waals surface area contributed by atoms with Gasteiger partial charge >= 0.3 is 5.97 Å². The van der Waals surface area contributed by atoms with Crippen LogP contribution in [-0.2, 0) is 11.8 Å². The molecule has 6 nitrogen and oxygen atoms in total. The Kier molecular flexibility index (Phi) is 2.71. The van der Waals surface area contributed by atoms with Crippen molar-refractivity contribution in [3.8, 4) is 0 Å². The van der Waals surface area contributed by atoms with Crippen LogP contribution in [-0.4, -0.2) is 27.1 Å². The molecule has 0 atom stereocenters. The minimum absolute atomic E-state index is 0.166. The van der Waals surface area contributed by atoms with Crippen LogP contribution in [0.4, 0.5) is 5.82 Å². The van der Waals surface area contributed by atoms with E-state index >= 15 is 0 Å². The molecule has 6 heteroatoms. The molecule has 2 N–H and O–H groups in total. The third-order valence-corrected chi connectivity index (χ3v) is 2.59. The second kappa shape index (κ2) is 4.04. The number of esters is 1. The van der Waals surface area contributed by atoms with Gasteiger partial charge in [-0.05, 0) is 19.9 Å². The molecule has 0 radical (unpaired) electrons. The topological polar surface area (TPSA) is 83.0 Å². The first-order valence-corrected chi connectivity index (χ1v) is 5.31. The van der Waals surface area contributed by atoms with Gasteiger partial charge in [0, 0.05) is 7.05 Å². The molecule has 0 fully saturated rings. The second-order valence-corrected chi connectivity index (χ2v) is 3.70. The highest BCUT2D eigenvalue weighted by molar-refractivity contribution is 5.97. The van der Waals surface area contributed by atoms with E-state index in [1.54, 1.807) is 13.0 Å². The molecule has 0 saturated carbocycles. The van der Waals surface area contributed by atoms with Crippen molar-refractivity contribution < 1.29 is 9.53 Å². The van der Waals surface area contributed by atoms with Crippen molar-refractivity contribution in [2.45, 2.75) is 13.8 Å². The van der Waals surface area contributed by atoms with Gasteiger partial charge in [0.2, 0.25) is 0 Å². The molecule has 2 aromatic rings. The van der Waals surface area contributed by atoms with E-state index in [-0.39, 0.29) is 11.4 Å². The number of aryl methyl sites for hydroxylation is 2. The van der Waals surface area contributed by atoms with Crippen LogP contribution in [0.2, 0.25) is 0 Å². The number of rotatable bonds is 2. The molecule has 0 aliphatic carbocycles. The summed E-state index contributed by atoms with van der Waals surface area (Å²) >= 11 is 0. The lowest BCUT2D eigenvalue weighted by Crippen LogP contribution is -2.09. The number of aromatic nitrogens is 3. The largest absolute Gasteiger partial charge is 0.462 e. The summed E-state index contributed by atoms with van der Waals surface area (Å²) < 4.78 is 6.72. The van der Waals surface area contributed by atoms with Crippen LogP contribution < -0.4 is 5.73 Å². The summed E-state index contributed by atoms with van der Waals surface area (Å²) in [7, 11) is 1.85. The zero-order chi connectivity index (χ0) is 12.6. The average Bonchev–Trinajstić information content (AvgIpc) is 2.55.